The first-order valence-corrected chi connectivity index (χ1v) is 6.79. The highest BCUT2D eigenvalue weighted by Crippen LogP contribution is 2.27. The molecule has 0 spiro atoms. The zero-order valence-electron chi connectivity index (χ0n) is 11.0. The van der Waals surface area contributed by atoms with Crippen LogP contribution in [0.1, 0.15) is 18.1 Å². The summed E-state index contributed by atoms with van der Waals surface area (Å²) in [5.41, 5.74) is 9.92. The van der Waals surface area contributed by atoms with Gasteiger partial charge >= 0.3 is 0 Å². The molecule has 4 heteroatoms. The fourth-order valence-electron chi connectivity index (χ4n) is 1.95. The highest BCUT2D eigenvalue weighted by atomic mass is 35.5. The summed E-state index contributed by atoms with van der Waals surface area (Å²) in [6.07, 6.45) is 5.47. The Labute approximate surface area is 118 Å². The standard InChI is InChI=1S/C15H18ClN3/c1-2-12-8-15(14(17)9-13(12)16)19-7-5-11-4-3-6-18-10-11/h3-4,6,8-10,19H,2,5,7,17H2,1H3. The van der Waals surface area contributed by atoms with E-state index in [9.17, 15) is 0 Å². The molecule has 0 radical (unpaired) electrons. The Morgan fingerprint density at radius 1 is 1.37 bits per heavy atom. The molecule has 0 aliphatic heterocycles. The number of rotatable bonds is 5. The number of hydrogen-bond acceptors (Lipinski definition) is 3. The molecule has 3 nitrogen and oxygen atoms in total. The van der Waals surface area contributed by atoms with Gasteiger partial charge in [0, 0.05) is 24.0 Å². The minimum atomic E-state index is 0.688. The van der Waals surface area contributed by atoms with Crippen LogP contribution in [0.15, 0.2) is 36.7 Å². The van der Waals surface area contributed by atoms with Crippen molar-refractivity contribution in [3.63, 3.8) is 0 Å². The number of aryl methyl sites for hydroxylation is 1. The van der Waals surface area contributed by atoms with Gasteiger partial charge in [-0.3, -0.25) is 4.98 Å². The number of nitrogens with zero attached hydrogens (tertiary/aromatic N) is 1. The van der Waals surface area contributed by atoms with Crippen LogP contribution in [0.4, 0.5) is 11.4 Å². The third kappa shape index (κ3) is 3.61. The Morgan fingerprint density at radius 3 is 2.89 bits per heavy atom. The largest absolute Gasteiger partial charge is 0.397 e. The summed E-state index contributed by atoms with van der Waals surface area (Å²) in [5, 5.41) is 4.09. The molecule has 0 fully saturated rings. The summed E-state index contributed by atoms with van der Waals surface area (Å²) in [7, 11) is 0. The molecule has 19 heavy (non-hydrogen) atoms. The number of nitrogens with one attached hydrogen (secondary N) is 1. The van der Waals surface area contributed by atoms with Crippen LogP contribution in [0.3, 0.4) is 0 Å². The van der Waals surface area contributed by atoms with Crippen molar-refractivity contribution in [3.8, 4) is 0 Å². The maximum Gasteiger partial charge on any atom is 0.0577 e. The van der Waals surface area contributed by atoms with Crippen molar-refractivity contribution in [1.82, 2.24) is 4.98 Å². The van der Waals surface area contributed by atoms with Crippen LogP contribution >= 0.6 is 11.6 Å². The van der Waals surface area contributed by atoms with Crippen LogP contribution in [-0.4, -0.2) is 11.5 Å². The molecule has 0 atom stereocenters. The van der Waals surface area contributed by atoms with E-state index < -0.39 is 0 Å². The molecule has 0 aliphatic rings. The first-order valence-electron chi connectivity index (χ1n) is 6.41. The van der Waals surface area contributed by atoms with Crippen molar-refractivity contribution in [2.24, 2.45) is 0 Å². The second-order valence-electron chi connectivity index (χ2n) is 4.42. The van der Waals surface area contributed by atoms with Gasteiger partial charge < -0.3 is 11.1 Å². The number of hydrogen-bond donors (Lipinski definition) is 2. The molecule has 1 heterocycles. The quantitative estimate of drug-likeness (QED) is 0.821. The molecule has 0 bridgehead atoms. The molecule has 3 N–H and O–H groups in total. The second kappa shape index (κ2) is 6.43. The molecule has 100 valence electrons. The van der Waals surface area contributed by atoms with Gasteiger partial charge in [-0.05, 0) is 42.2 Å². The zero-order valence-corrected chi connectivity index (χ0v) is 11.7. The van der Waals surface area contributed by atoms with Crippen molar-refractivity contribution >= 4 is 23.0 Å². The molecule has 0 saturated heterocycles. The predicted molar refractivity (Wildman–Crippen MR) is 81.7 cm³/mol. The van der Waals surface area contributed by atoms with Crippen molar-refractivity contribution in [2.45, 2.75) is 19.8 Å². The maximum atomic E-state index is 6.12. The Kier molecular flexibility index (Phi) is 4.63. The number of nitrogens with two attached hydrogens (primary N) is 1. The van der Waals surface area contributed by atoms with Gasteiger partial charge in [-0.15, -0.1) is 0 Å². The molecule has 2 rings (SSSR count). The van der Waals surface area contributed by atoms with E-state index >= 15 is 0 Å². The number of anilines is 2. The normalized spacial score (nSPS) is 10.4. The van der Waals surface area contributed by atoms with Crippen molar-refractivity contribution < 1.29 is 0 Å². The monoisotopic (exact) mass is 275 g/mol. The number of aromatic nitrogens is 1. The van der Waals surface area contributed by atoms with Gasteiger partial charge in [0.2, 0.25) is 0 Å². The molecule has 0 unspecified atom stereocenters. The Balaban J connectivity index is 2.00. The molecule has 2 aromatic rings. The smallest absolute Gasteiger partial charge is 0.0577 e. The maximum absolute atomic E-state index is 6.12. The summed E-state index contributed by atoms with van der Waals surface area (Å²) in [5.74, 6) is 0. The Bertz CT molecular complexity index is 541. The molecular weight excluding hydrogens is 258 g/mol. The van der Waals surface area contributed by atoms with E-state index in [0.717, 1.165) is 35.7 Å². The molecule has 1 aromatic carbocycles. The van der Waals surface area contributed by atoms with Crippen LogP contribution in [0.2, 0.25) is 5.02 Å². The van der Waals surface area contributed by atoms with E-state index in [0.29, 0.717) is 5.69 Å². The van der Waals surface area contributed by atoms with Gasteiger partial charge in [0.1, 0.15) is 0 Å². The fourth-order valence-corrected chi connectivity index (χ4v) is 2.25. The average molecular weight is 276 g/mol. The number of nitrogen functional groups attached to an aromatic ring is 1. The average Bonchev–Trinajstić information content (AvgIpc) is 2.42. The highest BCUT2D eigenvalue weighted by Gasteiger charge is 2.05. The topological polar surface area (TPSA) is 50.9 Å². The SMILES string of the molecule is CCc1cc(NCCc2cccnc2)c(N)cc1Cl. The first kappa shape index (κ1) is 13.7. The van der Waals surface area contributed by atoms with Crippen molar-refractivity contribution in [2.75, 3.05) is 17.6 Å². The number of benzene rings is 1. The number of pyridine rings is 1. The lowest BCUT2D eigenvalue weighted by atomic mass is 10.1. The van der Waals surface area contributed by atoms with Gasteiger partial charge in [0.15, 0.2) is 0 Å². The van der Waals surface area contributed by atoms with Gasteiger partial charge in [0.05, 0.1) is 11.4 Å². The first-order chi connectivity index (χ1) is 9.20. The summed E-state index contributed by atoms with van der Waals surface area (Å²) in [6, 6.07) is 7.85. The van der Waals surface area contributed by atoms with E-state index in [1.165, 1.54) is 5.56 Å². The lowest BCUT2D eigenvalue weighted by molar-refractivity contribution is 1.00. The van der Waals surface area contributed by atoms with Crippen LogP contribution in [0.5, 0.6) is 0 Å². The van der Waals surface area contributed by atoms with Crippen LogP contribution in [0.25, 0.3) is 0 Å². The fraction of sp³-hybridized carbons (Fsp3) is 0.267. The zero-order chi connectivity index (χ0) is 13.7. The van der Waals surface area contributed by atoms with Gasteiger partial charge in [0.25, 0.3) is 0 Å². The molecule has 1 aromatic heterocycles. The summed E-state index contributed by atoms with van der Waals surface area (Å²) < 4.78 is 0. The Hall–Kier alpha value is -1.74. The third-order valence-corrected chi connectivity index (χ3v) is 3.40. The van der Waals surface area contributed by atoms with Crippen molar-refractivity contribution in [1.29, 1.82) is 0 Å². The summed E-state index contributed by atoms with van der Waals surface area (Å²) in [6.45, 7) is 2.90. The van der Waals surface area contributed by atoms with Gasteiger partial charge in [-0.1, -0.05) is 24.6 Å². The Morgan fingerprint density at radius 2 is 2.21 bits per heavy atom. The van der Waals surface area contributed by atoms with Gasteiger partial charge in [-0.25, -0.2) is 0 Å². The summed E-state index contributed by atoms with van der Waals surface area (Å²) in [4.78, 5) is 4.10. The molecule has 0 saturated carbocycles. The van der Waals surface area contributed by atoms with E-state index in [-0.39, 0.29) is 0 Å². The van der Waals surface area contributed by atoms with E-state index in [2.05, 4.69) is 23.3 Å². The third-order valence-electron chi connectivity index (χ3n) is 3.05. The number of halogens is 1. The second-order valence-corrected chi connectivity index (χ2v) is 4.83. The van der Waals surface area contributed by atoms with Gasteiger partial charge in [-0.2, -0.15) is 0 Å². The van der Waals surface area contributed by atoms with Crippen LogP contribution < -0.4 is 11.1 Å². The van der Waals surface area contributed by atoms with E-state index in [4.69, 9.17) is 17.3 Å². The molecule has 0 aliphatic carbocycles. The highest BCUT2D eigenvalue weighted by molar-refractivity contribution is 6.31. The molecule has 0 amide bonds. The van der Waals surface area contributed by atoms with E-state index in [1.807, 2.05) is 24.4 Å². The van der Waals surface area contributed by atoms with Crippen molar-refractivity contribution in [3.05, 3.63) is 52.8 Å². The minimum absolute atomic E-state index is 0.688. The van der Waals surface area contributed by atoms with Crippen LogP contribution in [-0.2, 0) is 12.8 Å². The predicted octanol–water partition coefficient (Wildman–Crippen LogP) is 3.53. The van der Waals surface area contributed by atoms with E-state index in [1.54, 1.807) is 6.20 Å². The lowest BCUT2D eigenvalue weighted by Gasteiger charge is -2.12. The summed E-state index contributed by atoms with van der Waals surface area (Å²) >= 11 is 6.12. The molecular formula is C15H18ClN3. The van der Waals surface area contributed by atoms with Crippen LogP contribution in [0, 0.1) is 0 Å². The minimum Gasteiger partial charge on any atom is -0.397 e. The lowest BCUT2D eigenvalue weighted by Crippen LogP contribution is -2.07.